The van der Waals surface area contributed by atoms with Gasteiger partial charge in [0.1, 0.15) is 12.4 Å². The number of halogens is 1. The second-order valence-electron chi connectivity index (χ2n) is 6.64. The zero-order valence-corrected chi connectivity index (χ0v) is 20.0. The third-order valence-corrected chi connectivity index (χ3v) is 4.24. The van der Waals surface area contributed by atoms with E-state index in [1.165, 1.54) is 5.56 Å². The minimum Gasteiger partial charge on any atom is -0.481 e. The van der Waals surface area contributed by atoms with E-state index in [-0.39, 0.29) is 36.5 Å². The van der Waals surface area contributed by atoms with Crippen LogP contribution in [-0.2, 0) is 13.0 Å². The quantitative estimate of drug-likeness (QED) is 0.243. The molecule has 0 aliphatic heterocycles. The molecule has 0 atom stereocenters. The first-order valence-electron chi connectivity index (χ1n) is 9.43. The molecule has 160 valence electrons. The summed E-state index contributed by atoms with van der Waals surface area (Å²) in [5, 5.41) is 6.58. The largest absolute Gasteiger partial charge is 0.481 e. The highest BCUT2D eigenvalue weighted by molar-refractivity contribution is 14.0. The second-order valence-corrected chi connectivity index (χ2v) is 6.64. The smallest absolute Gasteiger partial charge is 0.253 e. The number of nitrogens with one attached hydrogen (secondary N) is 2. The number of terminal acetylenes is 1. The normalized spacial score (nSPS) is 10.4. The Morgan fingerprint density at radius 3 is 2.27 bits per heavy atom. The minimum absolute atomic E-state index is 0. The molecule has 2 rings (SSSR count). The molecule has 2 aromatic carbocycles. The van der Waals surface area contributed by atoms with Crippen molar-refractivity contribution in [2.24, 2.45) is 4.99 Å². The number of aliphatic imine (C=N–C) groups is 1. The van der Waals surface area contributed by atoms with Gasteiger partial charge in [-0.15, -0.1) is 30.4 Å². The molecule has 6 nitrogen and oxygen atoms in total. The Morgan fingerprint density at radius 1 is 1.07 bits per heavy atom. The van der Waals surface area contributed by atoms with Crippen molar-refractivity contribution < 1.29 is 9.53 Å². The molecule has 7 heteroatoms. The summed E-state index contributed by atoms with van der Waals surface area (Å²) >= 11 is 0. The van der Waals surface area contributed by atoms with Gasteiger partial charge in [0.15, 0.2) is 5.96 Å². The van der Waals surface area contributed by atoms with E-state index in [0.29, 0.717) is 12.1 Å². The minimum atomic E-state index is -0.00220. The zero-order valence-electron chi connectivity index (χ0n) is 17.6. The number of guanidine groups is 1. The molecule has 0 heterocycles. The molecule has 0 saturated heterocycles. The van der Waals surface area contributed by atoms with Crippen LogP contribution in [0.2, 0.25) is 0 Å². The topological polar surface area (TPSA) is 66.0 Å². The highest BCUT2D eigenvalue weighted by Crippen LogP contribution is 2.12. The van der Waals surface area contributed by atoms with Crippen LogP contribution < -0.4 is 15.4 Å². The van der Waals surface area contributed by atoms with Crippen LogP contribution >= 0.6 is 24.0 Å². The monoisotopic (exact) mass is 520 g/mol. The third kappa shape index (κ3) is 8.33. The molecule has 0 unspecified atom stereocenters. The molecule has 0 saturated carbocycles. The van der Waals surface area contributed by atoms with E-state index < -0.39 is 0 Å². The van der Waals surface area contributed by atoms with Gasteiger partial charge in [0.25, 0.3) is 5.91 Å². The molecule has 0 spiro atoms. The van der Waals surface area contributed by atoms with Crippen LogP contribution in [0.1, 0.15) is 21.5 Å². The fourth-order valence-electron chi connectivity index (χ4n) is 2.63. The highest BCUT2D eigenvalue weighted by atomic mass is 127. The lowest BCUT2D eigenvalue weighted by atomic mass is 10.1. The van der Waals surface area contributed by atoms with Crippen molar-refractivity contribution in [1.82, 2.24) is 15.5 Å². The van der Waals surface area contributed by atoms with Crippen molar-refractivity contribution >= 4 is 35.8 Å². The fourth-order valence-corrected chi connectivity index (χ4v) is 2.63. The lowest BCUT2D eigenvalue weighted by molar-refractivity contribution is 0.0827. The van der Waals surface area contributed by atoms with Crippen LogP contribution in [0.4, 0.5) is 0 Å². The Balaban J connectivity index is 0.00000450. The number of rotatable bonds is 8. The number of ether oxygens (including phenoxy) is 1. The molecular weight excluding hydrogens is 491 g/mol. The van der Waals surface area contributed by atoms with Gasteiger partial charge in [-0.25, -0.2) is 0 Å². The number of hydrogen-bond acceptors (Lipinski definition) is 3. The summed E-state index contributed by atoms with van der Waals surface area (Å²) in [4.78, 5) is 17.7. The highest BCUT2D eigenvalue weighted by Gasteiger charge is 2.07. The number of benzene rings is 2. The summed E-state index contributed by atoms with van der Waals surface area (Å²) < 4.78 is 5.37. The molecule has 0 bridgehead atoms. The van der Waals surface area contributed by atoms with Crippen molar-refractivity contribution in [3.05, 3.63) is 65.2 Å². The maximum Gasteiger partial charge on any atom is 0.253 e. The standard InChI is InChI=1S/C23H28N4O2.HI/c1-5-16-29-21-12-8-18(9-13-21)14-15-25-23(24-2)26-17-19-6-10-20(11-7-19)22(28)27(3)4;/h1,6-13H,14-17H2,2-4H3,(H2,24,25,26);1H. The first-order chi connectivity index (χ1) is 14.0. The van der Waals surface area contributed by atoms with Gasteiger partial charge < -0.3 is 20.3 Å². The van der Waals surface area contributed by atoms with Gasteiger partial charge in [0.05, 0.1) is 0 Å². The van der Waals surface area contributed by atoms with Gasteiger partial charge in [0, 0.05) is 39.8 Å². The molecule has 0 radical (unpaired) electrons. The summed E-state index contributed by atoms with van der Waals surface area (Å²) in [7, 11) is 5.23. The Morgan fingerprint density at radius 2 is 1.70 bits per heavy atom. The number of carbonyl (C=O) groups excluding carboxylic acids is 1. The maximum absolute atomic E-state index is 11.9. The molecule has 2 aromatic rings. The molecule has 0 aliphatic rings. The first-order valence-corrected chi connectivity index (χ1v) is 9.43. The maximum atomic E-state index is 11.9. The van der Waals surface area contributed by atoms with E-state index in [4.69, 9.17) is 11.2 Å². The van der Waals surface area contributed by atoms with Crippen LogP contribution in [-0.4, -0.2) is 51.1 Å². The number of hydrogen-bond donors (Lipinski definition) is 2. The Bertz CT molecular complexity index is 856. The van der Waals surface area contributed by atoms with Crippen molar-refractivity contribution in [1.29, 1.82) is 0 Å². The molecular formula is C23H29IN4O2. The predicted molar refractivity (Wildman–Crippen MR) is 133 cm³/mol. The van der Waals surface area contributed by atoms with Crippen molar-refractivity contribution in [3.8, 4) is 18.1 Å². The summed E-state index contributed by atoms with van der Waals surface area (Å²) in [6, 6.07) is 15.5. The average molecular weight is 520 g/mol. The Kier molecular flexibility index (Phi) is 11.4. The van der Waals surface area contributed by atoms with E-state index in [1.54, 1.807) is 26.0 Å². The molecule has 2 N–H and O–H groups in total. The van der Waals surface area contributed by atoms with Crippen LogP contribution in [0, 0.1) is 12.3 Å². The van der Waals surface area contributed by atoms with Crippen LogP contribution in [0.3, 0.4) is 0 Å². The van der Waals surface area contributed by atoms with Crippen LogP contribution in [0.15, 0.2) is 53.5 Å². The Labute approximate surface area is 196 Å². The van der Waals surface area contributed by atoms with Crippen LogP contribution in [0.5, 0.6) is 5.75 Å². The van der Waals surface area contributed by atoms with Gasteiger partial charge in [-0.3, -0.25) is 9.79 Å². The Hall–Kier alpha value is -2.73. The van der Waals surface area contributed by atoms with Crippen molar-refractivity contribution in [2.75, 3.05) is 34.3 Å². The summed E-state index contributed by atoms with van der Waals surface area (Å²) in [6.45, 7) is 1.65. The average Bonchev–Trinajstić information content (AvgIpc) is 2.75. The van der Waals surface area contributed by atoms with E-state index in [9.17, 15) is 4.79 Å². The van der Waals surface area contributed by atoms with E-state index in [2.05, 4.69) is 21.5 Å². The number of amides is 1. The summed E-state index contributed by atoms with van der Waals surface area (Å²) in [5.41, 5.74) is 2.95. The lowest BCUT2D eigenvalue weighted by Gasteiger charge is -2.13. The van der Waals surface area contributed by atoms with Crippen molar-refractivity contribution in [3.63, 3.8) is 0 Å². The van der Waals surface area contributed by atoms with Gasteiger partial charge >= 0.3 is 0 Å². The first kappa shape index (κ1) is 25.3. The summed E-state index contributed by atoms with van der Waals surface area (Å²) in [6.07, 6.45) is 6.05. The van der Waals surface area contributed by atoms with Gasteiger partial charge in [-0.1, -0.05) is 30.2 Å². The van der Waals surface area contributed by atoms with Gasteiger partial charge in [0.2, 0.25) is 0 Å². The zero-order chi connectivity index (χ0) is 21.1. The molecule has 30 heavy (non-hydrogen) atoms. The molecule has 0 fully saturated rings. The molecule has 0 aliphatic carbocycles. The molecule has 0 aromatic heterocycles. The number of carbonyl (C=O) groups is 1. The predicted octanol–water partition coefficient (Wildman–Crippen LogP) is 2.93. The van der Waals surface area contributed by atoms with E-state index in [0.717, 1.165) is 30.2 Å². The van der Waals surface area contributed by atoms with E-state index >= 15 is 0 Å². The van der Waals surface area contributed by atoms with Crippen molar-refractivity contribution in [2.45, 2.75) is 13.0 Å². The second kappa shape index (κ2) is 13.5. The summed E-state index contributed by atoms with van der Waals surface area (Å²) in [5.74, 6) is 3.95. The number of nitrogens with zero attached hydrogens (tertiary/aromatic N) is 2. The third-order valence-electron chi connectivity index (χ3n) is 4.24. The van der Waals surface area contributed by atoms with Gasteiger partial charge in [-0.2, -0.15) is 0 Å². The van der Waals surface area contributed by atoms with E-state index in [1.807, 2.05) is 48.5 Å². The lowest BCUT2D eigenvalue weighted by Crippen LogP contribution is -2.37. The SMILES string of the molecule is C#CCOc1ccc(CCNC(=NC)NCc2ccc(C(=O)N(C)C)cc2)cc1.I. The fraction of sp³-hybridized carbons (Fsp3) is 0.304. The van der Waals surface area contributed by atoms with Crippen LogP contribution in [0.25, 0.3) is 0 Å². The molecule has 1 amide bonds. The van der Waals surface area contributed by atoms with Gasteiger partial charge in [-0.05, 0) is 41.8 Å².